The molecule has 100 valence electrons. The van der Waals surface area contributed by atoms with Crippen molar-refractivity contribution < 1.29 is 4.74 Å². The highest BCUT2D eigenvalue weighted by Gasteiger charge is 2.22. The second-order valence-corrected chi connectivity index (χ2v) is 5.50. The van der Waals surface area contributed by atoms with Crippen molar-refractivity contribution in [3.8, 4) is 5.75 Å². The van der Waals surface area contributed by atoms with Crippen LogP contribution < -0.4 is 10.1 Å². The number of benzene rings is 1. The third kappa shape index (κ3) is 3.26. The molecule has 1 aromatic carbocycles. The van der Waals surface area contributed by atoms with Crippen molar-refractivity contribution in [3.05, 3.63) is 29.8 Å². The summed E-state index contributed by atoms with van der Waals surface area (Å²) in [5.41, 5.74) is 1.31. The first kappa shape index (κ1) is 13.4. The third-order valence-electron chi connectivity index (χ3n) is 4.13. The van der Waals surface area contributed by atoms with Gasteiger partial charge in [0.25, 0.3) is 0 Å². The lowest BCUT2D eigenvalue weighted by molar-refractivity contribution is 0.102. The number of rotatable bonds is 4. The average molecular weight is 247 g/mol. The van der Waals surface area contributed by atoms with E-state index in [4.69, 9.17) is 4.74 Å². The monoisotopic (exact) mass is 247 g/mol. The molecule has 0 bridgehead atoms. The summed E-state index contributed by atoms with van der Waals surface area (Å²) >= 11 is 0. The average Bonchev–Trinajstić information content (AvgIpc) is 2.41. The molecule has 3 unspecified atom stereocenters. The molecule has 1 saturated carbocycles. The lowest BCUT2D eigenvalue weighted by atomic mass is 9.88. The van der Waals surface area contributed by atoms with Crippen LogP contribution in [0.3, 0.4) is 0 Å². The first-order valence-electron chi connectivity index (χ1n) is 7.14. The van der Waals surface area contributed by atoms with Gasteiger partial charge >= 0.3 is 0 Å². The largest absolute Gasteiger partial charge is 0.490 e. The molecular formula is C16H25NO. The Morgan fingerprint density at radius 3 is 2.44 bits per heavy atom. The molecule has 1 fully saturated rings. The van der Waals surface area contributed by atoms with Gasteiger partial charge in [-0.1, -0.05) is 25.5 Å². The van der Waals surface area contributed by atoms with Crippen molar-refractivity contribution in [2.24, 2.45) is 5.92 Å². The zero-order valence-corrected chi connectivity index (χ0v) is 11.8. The van der Waals surface area contributed by atoms with Crippen LogP contribution in [0, 0.1) is 5.92 Å². The van der Waals surface area contributed by atoms with Crippen molar-refractivity contribution >= 4 is 0 Å². The fraction of sp³-hybridized carbons (Fsp3) is 0.625. The van der Waals surface area contributed by atoms with E-state index >= 15 is 0 Å². The summed E-state index contributed by atoms with van der Waals surface area (Å²) in [7, 11) is 1.98. The van der Waals surface area contributed by atoms with Gasteiger partial charge in [0.05, 0.1) is 0 Å². The Morgan fingerprint density at radius 2 is 1.83 bits per heavy atom. The molecule has 0 radical (unpaired) electrons. The molecule has 1 N–H and O–H groups in total. The molecule has 2 nitrogen and oxygen atoms in total. The van der Waals surface area contributed by atoms with Crippen LogP contribution in [0.4, 0.5) is 0 Å². The maximum Gasteiger partial charge on any atom is 0.119 e. The topological polar surface area (TPSA) is 21.3 Å². The molecule has 0 spiro atoms. The van der Waals surface area contributed by atoms with Crippen LogP contribution in [-0.2, 0) is 0 Å². The van der Waals surface area contributed by atoms with Gasteiger partial charge in [0.2, 0.25) is 0 Å². The summed E-state index contributed by atoms with van der Waals surface area (Å²) in [6.45, 7) is 4.47. The van der Waals surface area contributed by atoms with Crippen LogP contribution in [0.25, 0.3) is 0 Å². The summed E-state index contributed by atoms with van der Waals surface area (Å²) in [6.07, 6.45) is 5.59. The third-order valence-corrected chi connectivity index (χ3v) is 4.13. The fourth-order valence-electron chi connectivity index (χ4n) is 2.63. The standard InChI is InChI=1S/C16H25NO/c1-12-6-4-5-7-16(12)18-15-10-8-14(9-11-15)13(2)17-3/h8-13,16-17H,4-7H2,1-3H3. The smallest absolute Gasteiger partial charge is 0.119 e. The predicted octanol–water partition coefficient (Wildman–Crippen LogP) is 3.92. The van der Waals surface area contributed by atoms with E-state index in [0.717, 1.165) is 5.75 Å². The van der Waals surface area contributed by atoms with E-state index in [1.54, 1.807) is 0 Å². The van der Waals surface area contributed by atoms with Gasteiger partial charge in [-0.3, -0.25) is 0 Å². The van der Waals surface area contributed by atoms with Crippen LogP contribution in [0.1, 0.15) is 51.1 Å². The van der Waals surface area contributed by atoms with Crippen molar-refractivity contribution in [2.45, 2.75) is 51.7 Å². The van der Waals surface area contributed by atoms with E-state index in [1.807, 2.05) is 7.05 Å². The molecule has 0 saturated heterocycles. The zero-order valence-electron chi connectivity index (χ0n) is 11.8. The number of ether oxygens (including phenoxy) is 1. The zero-order chi connectivity index (χ0) is 13.0. The molecule has 0 amide bonds. The van der Waals surface area contributed by atoms with E-state index < -0.39 is 0 Å². The summed E-state index contributed by atoms with van der Waals surface area (Å²) < 4.78 is 6.12. The van der Waals surface area contributed by atoms with Gasteiger partial charge in [-0.15, -0.1) is 0 Å². The Balaban J connectivity index is 1.97. The van der Waals surface area contributed by atoms with Crippen LogP contribution in [0.15, 0.2) is 24.3 Å². The number of nitrogens with one attached hydrogen (secondary N) is 1. The molecule has 0 heterocycles. The highest BCUT2D eigenvalue weighted by Crippen LogP contribution is 2.28. The van der Waals surface area contributed by atoms with Crippen molar-refractivity contribution in [1.82, 2.24) is 5.32 Å². The Bertz CT molecular complexity index is 360. The Labute approximate surface area is 111 Å². The molecule has 1 aliphatic carbocycles. The summed E-state index contributed by atoms with van der Waals surface area (Å²) in [6, 6.07) is 8.91. The first-order valence-corrected chi connectivity index (χ1v) is 7.14. The fourth-order valence-corrected chi connectivity index (χ4v) is 2.63. The lowest BCUT2D eigenvalue weighted by Crippen LogP contribution is -2.28. The predicted molar refractivity (Wildman–Crippen MR) is 76.0 cm³/mol. The molecule has 1 aliphatic rings. The number of hydrogen-bond acceptors (Lipinski definition) is 2. The van der Waals surface area contributed by atoms with E-state index in [1.165, 1.54) is 31.2 Å². The molecule has 2 heteroatoms. The number of hydrogen-bond donors (Lipinski definition) is 1. The normalized spacial score (nSPS) is 25.7. The first-order chi connectivity index (χ1) is 8.70. The van der Waals surface area contributed by atoms with Crippen LogP contribution in [0.2, 0.25) is 0 Å². The van der Waals surface area contributed by atoms with Gasteiger partial charge in [-0.2, -0.15) is 0 Å². The Hall–Kier alpha value is -1.02. The maximum absolute atomic E-state index is 6.12. The molecule has 1 aromatic rings. The minimum Gasteiger partial charge on any atom is -0.490 e. The second-order valence-electron chi connectivity index (χ2n) is 5.50. The minimum absolute atomic E-state index is 0.396. The summed E-state index contributed by atoms with van der Waals surface area (Å²) in [5.74, 6) is 1.70. The van der Waals surface area contributed by atoms with Crippen molar-refractivity contribution in [2.75, 3.05) is 7.05 Å². The molecule has 3 atom stereocenters. The Kier molecular flexibility index (Phi) is 4.65. The van der Waals surface area contributed by atoms with E-state index in [2.05, 4.69) is 43.4 Å². The summed E-state index contributed by atoms with van der Waals surface area (Å²) in [5, 5.41) is 3.25. The molecule has 2 rings (SSSR count). The Morgan fingerprint density at radius 1 is 1.17 bits per heavy atom. The highest BCUT2D eigenvalue weighted by atomic mass is 16.5. The SMILES string of the molecule is CNC(C)c1ccc(OC2CCCCC2C)cc1. The maximum atomic E-state index is 6.12. The van der Waals surface area contributed by atoms with Gasteiger partial charge in [0, 0.05) is 6.04 Å². The molecule has 18 heavy (non-hydrogen) atoms. The van der Waals surface area contributed by atoms with Gasteiger partial charge in [-0.05, 0) is 56.8 Å². The lowest BCUT2D eigenvalue weighted by Gasteiger charge is -2.29. The quantitative estimate of drug-likeness (QED) is 0.870. The van der Waals surface area contributed by atoms with Gasteiger partial charge < -0.3 is 10.1 Å². The minimum atomic E-state index is 0.396. The van der Waals surface area contributed by atoms with E-state index in [0.29, 0.717) is 18.1 Å². The van der Waals surface area contributed by atoms with Crippen LogP contribution in [0.5, 0.6) is 5.75 Å². The summed E-state index contributed by atoms with van der Waals surface area (Å²) in [4.78, 5) is 0. The van der Waals surface area contributed by atoms with Crippen molar-refractivity contribution in [3.63, 3.8) is 0 Å². The van der Waals surface area contributed by atoms with E-state index in [-0.39, 0.29) is 0 Å². The van der Waals surface area contributed by atoms with E-state index in [9.17, 15) is 0 Å². The van der Waals surface area contributed by atoms with Crippen LogP contribution in [-0.4, -0.2) is 13.2 Å². The van der Waals surface area contributed by atoms with Gasteiger partial charge in [0.15, 0.2) is 0 Å². The van der Waals surface area contributed by atoms with Gasteiger partial charge in [0.1, 0.15) is 11.9 Å². The second kappa shape index (κ2) is 6.24. The molecule has 0 aromatic heterocycles. The van der Waals surface area contributed by atoms with Gasteiger partial charge in [-0.25, -0.2) is 0 Å². The molecular weight excluding hydrogens is 222 g/mol. The van der Waals surface area contributed by atoms with Crippen LogP contribution >= 0.6 is 0 Å². The molecule has 0 aliphatic heterocycles. The highest BCUT2D eigenvalue weighted by molar-refractivity contribution is 5.29. The van der Waals surface area contributed by atoms with Crippen molar-refractivity contribution in [1.29, 1.82) is 0 Å².